The Labute approximate surface area is 569 Å². The highest BCUT2D eigenvalue weighted by molar-refractivity contribution is 6.31. The summed E-state index contributed by atoms with van der Waals surface area (Å²) in [5.41, 5.74) is 0.758. The molecule has 0 aromatic heterocycles. The maximum absolute atomic E-state index is 14.2. The van der Waals surface area contributed by atoms with E-state index in [1.807, 2.05) is 0 Å². The summed E-state index contributed by atoms with van der Waals surface area (Å²) in [6.45, 7) is 9.76. The molecule has 99 heavy (non-hydrogen) atoms. The van der Waals surface area contributed by atoms with Gasteiger partial charge in [0.05, 0.1) is 128 Å². The lowest BCUT2D eigenvalue weighted by atomic mass is 9.72. The smallest absolute Gasteiger partial charge is 0.253 e. The SMILES string of the molecule is COc1cccc2c1C(=O)c1c(O)c3c(c(O)c1C2=O)C[C@@](O)(C(=O)CO)C[C@@H]3O[C@H]1C[C@H](NC(=O)[C@H](CC(C)C)NC(=O)[C@H](CC(N)=O)NC(=O)[C@H](C)NC(=O)[C@H](C)NC(=O)CCOCCOCCOCCOCCOCCOCCNC(=O)CCN2C(=O)C=CC2=O)[C@H](O)[C@H](C)O1. The van der Waals surface area contributed by atoms with Crippen LogP contribution in [0.3, 0.4) is 0 Å². The van der Waals surface area contributed by atoms with Gasteiger partial charge in [0.2, 0.25) is 47.1 Å². The van der Waals surface area contributed by atoms with Crippen LogP contribution in [-0.4, -0.2) is 261 Å². The lowest BCUT2D eigenvalue weighted by Gasteiger charge is -2.43. The number of rotatable bonds is 42. The van der Waals surface area contributed by atoms with Gasteiger partial charge in [0.1, 0.15) is 59.7 Å². The van der Waals surface area contributed by atoms with Gasteiger partial charge in [-0.1, -0.05) is 26.0 Å². The maximum Gasteiger partial charge on any atom is 0.253 e. The van der Waals surface area contributed by atoms with E-state index >= 15 is 0 Å². The number of nitrogens with two attached hydrogens (primary N) is 1. The fraction of sp³-hybridized carbons (Fsp3) is 0.600. The van der Waals surface area contributed by atoms with Crippen molar-refractivity contribution >= 4 is 70.5 Å². The topological polar surface area (TPSA) is 490 Å². The molecule has 2 heterocycles. The number of carbonyl (C=O) groups excluding carboxylic acids is 12. The number of hydrogen-bond donors (Lipinski definition) is 12. The minimum absolute atomic E-state index is 0.00209. The van der Waals surface area contributed by atoms with Crippen LogP contribution in [0.5, 0.6) is 17.2 Å². The van der Waals surface area contributed by atoms with Gasteiger partial charge < -0.3 is 106 Å². The molecule has 10 atom stereocenters. The normalized spacial score (nSPS) is 20.6. The summed E-state index contributed by atoms with van der Waals surface area (Å²) in [4.78, 5) is 157. The number of phenols is 2. The third-order valence-corrected chi connectivity index (χ3v) is 16.4. The van der Waals surface area contributed by atoms with E-state index in [4.69, 9.17) is 48.4 Å². The molecule has 6 rings (SSSR count). The summed E-state index contributed by atoms with van der Waals surface area (Å²) in [5.74, 6) is -11.3. The summed E-state index contributed by atoms with van der Waals surface area (Å²) in [6, 6.07) is -2.65. The molecule has 1 saturated heterocycles. The summed E-state index contributed by atoms with van der Waals surface area (Å²) in [7, 11) is 1.26. The summed E-state index contributed by atoms with van der Waals surface area (Å²) < 4.78 is 50.3. The Hall–Kier alpha value is -8.42. The number of hydrogen-bond acceptors (Lipinski definition) is 26. The zero-order valence-corrected chi connectivity index (χ0v) is 56.1. The number of benzene rings is 2. The van der Waals surface area contributed by atoms with Crippen molar-refractivity contribution < 1.29 is 126 Å². The van der Waals surface area contributed by atoms with Crippen LogP contribution in [0, 0.1) is 5.92 Å². The van der Waals surface area contributed by atoms with Crippen molar-refractivity contribution in [1.29, 1.82) is 0 Å². The highest BCUT2D eigenvalue weighted by Crippen LogP contribution is 2.52. The van der Waals surface area contributed by atoms with Crippen LogP contribution in [0.2, 0.25) is 0 Å². The molecule has 2 aromatic carbocycles. The Morgan fingerprint density at radius 1 is 0.687 bits per heavy atom. The molecule has 13 N–H and O–H groups in total. The number of nitrogens with zero attached hydrogens (tertiary/aromatic N) is 1. The number of ether oxygens (including phenoxy) is 9. The third kappa shape index (κ3) is 22.3. The number of phenolic OH excluding ortho intramolecular Hbond substituents is 2. The first-order chi connectivity index (χ1) is 47.1. The number of aliphatic hydroxyl groups excluding tert-OH is 2. The average Bonchev–Trinajstić information content (AvgIpc) is 0.933. The first kappa shape index (κ1) is 79.6. The quantitative estimate of drug-likeness (QED) is 0.0153. The molecule has 34 heteroatoms. The molecule has 2 aliphatic heterocycles. The second-order valence-electron chi connectivity index (χ2n) is 24.2. The highest BCUT2D eigenvalue weighted by atomic mass is 16.7. The Morgan fingerprint density at radius 3 is 1.82 bits per heavy atom. The number of aliphatic hydroxyl groups is 3. The molecule has 9 amide bonds. The molecule has 0 saturated carbocycles. The number of ketones is 3. The predicted molar refractivity (Wildman–Crippen MR) is 341 cm³/mol. The van der Waals surface area contributed by atoms with Gasteiger partial charge in [-0.15, -0.1) is 0 Å². The van der Waals surface area contributed by atoms with E-state index in [2.05, 4.69) is 31.9 Å². The third-order valence-electron chi connectivity index (χ3n) is 16.4. The van der Waals surface area contributed by atoms with Crippen LogP contribution in [0.15, 0.2) is 30.4 Å². The minimum Gasteiger partial charge on any atom is -0.507 e. The number of primary amides is 1. The van der Waals surface area contributed by atoms with Crippen LogP contribution in [0.1, 0.15) is 122 Å². The molecular weight excluding hydrogens is 1310 g/mol. The van der Waals surface area contributed by atoms with E-state index in [0.717, 1.165) is 17.1 Å². The second kappa shape index (κ2) is 38.2. The van der Waals surface area contributed by atoms with Crippen molar-refractivity contribution in [1.82, 2.24) is 36.8 Å². The van der Waals surface area contributed by atoms with Crippen LogP contribution in [0.4, 0.5) is 0 Å². The van der Waals surface area contributed by atoms with E-state index < -0.39 is 174 Å². The van der Waals surface area contributed by atoms with E-state index in [0.29, 0.717) is 46.2 Å². The zero-order valence-electron chi connectivity index (χ0n) is 56.1. The predicted octanol–water partition coefficient (Wildman–Crippen LogP) is -3.02. The van der Waals surface area contributed by atoms with E-state index in [1.54, 1.807) is 13.8 Å². The van der Waals surface area contributed by atoms with Gasteiger partial charge in [-0.2, -0.15) is 0 Å². The van der Waals surface area contributed by atoms with Gasteiger partial charge in [-0.3, -0.25) is 62.4 Å². The number of aromatic hydroxyl groups is 2. The number of amides is 9. The minimum atomic E-state index is -2.48. The first-order valence-electron chi connectivity index (χ1n) is 32.4. The number of imide groups is 1. The van der Waals surface area contributed by atoms with Crippen LogP contribution < -0.4 is 42.4 Å². The molecule has 0 unspecified atom stereocenters. The lowest BCUT2D eigenvalue weighted by molar-refractivity contribution is -0.249. The summed E-state index contributed by atoms with van der Waals surface area (Å²) >= 11 is 0. The van der Waals surface area contributed by atoms with Crippen molar-refractivity contribution in [2.45, 2.75) is 140 Å². The standard InChI is InChI=1S/C65H90N8O26/c1-34(2)28-41(63(88)70-40-30-51(98-37(5)56(40)81)99-44-32-65(90,45(75)33-74)31-39-53(44)60(85)55-54(58(39)83)57(82)38-8-7-9-43(91-6)52(38)59(55)84)72-64(89)42(29-46(66)76)71-62(87)36(4)69-61(86)35(3)68-48(78)13-16-92-18-20-94-22-24-96-26-27-97-25-23-95-21-19-93-17-14-67-47(77)12-15-73-49(79)10-11-50(73)80/h7-11,34-37,40-42,44,51,56,74,81,83,85,90H,12-33H2,1-6H3,(H2,66,76)(H,67,77)(H,68,78)(H,69,86)(H,70,88)(H,71,87)(H,72,89)/t35-,36-,37-,40-,41-,42-,44-,51-,56+,65-/m0/s1. The summed E-state index contributed by atoms with van der Waals surface area (Å²) in [6.07, 6.45) is -6.12. The Kier molecular flexibility index (Phi) is 30.7. The second-order valence-corrected chi connectivity index (χ2v) is 24.2. The Bertz CT molecular complexity index is 3270. The van der Waals surface area contributed by atoms with Gasteiger partial charge in [0.15, 0.2) is 17.9 Å². The number of methoxy groups -OCH3 is 1. The Morgan fingerprint density at radius 2 is 1.24 bits per heavy atom. The molecule has 2 aromatic rings. The molecule has 546 valence electrons. The number of fused-ring (bicyclic) bond motifs is 3. The average molecular weight is 1400 g/mol. The van der Waals surface area contributed by atoms with E-state index in [9.17, 15) is 83.1 Å². The fourth-order valence-electron chi connectivity index (χ4n) is 11.2. The van der Waals surface area contributed by atoms with Crippen molar-refractivity contribution in [3.63, 3.8) is 0 Å². The van der Waals surface area contributed by atoms with Gasteiger partial charge >= 0.3 is 0 Å². The van der Waals surface area contributed by atoms with Gasteiger partial charge in [0.25, 0.3) is 11.8 Å². The number of nitrogens with one attached hydrogen (secondary N) is 6. The monoisotopic (exact) mass is 1400 g/mol. The van der Waals surface area contributed by atoms with Gasteiger partial charge in [-0.05, 0) is 39.2 Å². The van der Waals surface area contributed by atoms with Crippen molar-refractivity contribution in [2.24, 2.45) is 11.7 Å². The molecule has 2 aliphatic carbocycles. The molecule has 4 aliphatic rings. The highest BCUT2D eigenvalue weighted by Gasteiger charge is 2.51. The molecular formula is C65H90N8O26. The largest absolute Gasteiger partial charge is 0.507 e. The Balaban J connectivity index is 0.887. The van der Waals surface area contributed by atoms with E-state index in [1.165, 1.54) is 46.1 Å². The summed E-state index contributed by atoms with van der Waals surface area (Å²) in [5, 5.41) is 72.0. The number of Topliss-reactive ketones (excluding diaryl/α,β-unsaturated/α-hetero) is 1. The van der Waals surface area contributed by atoms with Gasteiger partial charge in [0, 0.05) is 74.0 Å². The first-order valence-corrected chi connectivity index (χ1v) is 32.4. The lowest BCUT2D eigenvalue weighted by Crippen LogP contribution is -2.61. The fourth-order valence-corrected chi connectivity index (χ4v) is 11.2. The van der Waals surface area contributed by atoms with Crippen LogP contribution in [-0.2, 0) is 92.3 Å². The van der Waals surface area contributed by atoms with Crippen molar-refractivity contribution in [3.8, 4) is 17.2 Å². The van der Waals surface area contributed by atoms with Crippen LogP contribution >= 0.6 is 0 Å². The van der Waals surface area contributed by atoms with E-state index in [-0.39, 0.29) is 112 Å². The molecule has 0 radical (unpaired) electrons. The molecule has 1 fully saturated rings. The van der Waals surface area contributed by atoms with Crippen LogP contribution in [0.25, 0.3) is 0 Å². The number of carbonyl (C=O) groups is 12. The molecule has 0 bridgehead atoms. The molecule has 0 spiro atoms. The molecule has 34 nitrogen and oxygen atoms in total. The van der Waals surface area contributed by atoms with Crippen molar-refractivity contribution in [3.05, 3.63) is 63.7 Å². The maximum atomic E-state index is 14.2. The zero-order chi connectivity index (χ0) is 72.7. The van der Waals surface area contributed by atoms with Gasteiger partial charge in [-0.25, -0.2) is 0 Å². The van der Waals surface area contributed by atoms with Crippen molar-refractivity contribution in [2.75, 3.05) is 106 Å².